The fourth-order valence-electron chi connectivity index (χ4n) is 1.94. The quantitative estimate of drug-likeness (QED) is 0.493. The van der Waals surface area contributed by atoms with Gasteiger partial charge >= 0.3 is 0 Å². The smallest absolute Gasteiger partial charge is 0.257 e. The molecule has 23 heavy (non-hydrogen) atoms. The van der Waals surface area contributed by atoms with Crippen molar-refractivity contribution in [2.45, 2.75) is 13.5 Å². The van der Waals surface area contributed by atoms with Crippen LogP contribution in [0.25, 0.3) is 11.5 Å². The number of oxime groups is 1. The summed E-state index contributed by atoms with van der Waals surface area (Å²) in [6.07, 6.45) is 1.67. The van der Waals surface area contributed by atoms with E-state index < -0.39 is 0 Å². The molecule has 0 spiro atoms. The van der Waals surface area contributed by atoms with Crippen LogP contribution in [0.2, 0.25) is 0 Å². The van der Waals surface area contributed by atoms with E-state index in [1.807, 2.05) is 55.5 Å². The fraction of sp³-hybridized carbons (Fsp3) is 0.118. The molecule has 3 aromatic rings. The first-order chi connectivity index (χ1) is 11.2. The van der Waals surface area contributed by atoms with E-state index in [0.717, 1.165) is 21.2 Å². The van der Waals surface area contributed by atoms with Gasteiger partial charge in [-0.15, -0.1) is 10.2 Å². The minimum Gasteiger partial charge on any atom is -0.417 e. The monoisotopic (exact) mass is 371 g/mol. The zero-order chi connectivity index (χ0) is 16.1. The summed E-state index contributed by atoms with van der Waals surface area (Å²) in [6, 6.07) is 15.6. The van der Waals surface area contributed by atoms with Gasteiger partial charge in [0.25, 0.3) is 5.89 Å². The molecule has 6 heteroatoms. The Hall–Kier alpha value is -2.47. The van der Waals surface area contributed by atoms with E-state index in [1.54, 1.807) is 6.21 Å². The largest absolute Gasteiger partial charge is 0.417 e. The maximum atomic E-state index is 5.55. The van der Waals surface area contributed by atoms with Crippen molar-refractivity contribution < 1.29 is 9.25 Å². The Morgan fingerprint density at radius 2 is 1.91 bits per heavy atom. The summed E-state index contributed by atoms with van der Waals surface area (Å²) in [5, 5.41) is 11.9. The van der Waals surface area contributed by atoms with Gasteiger partial charge in [-0.05, 0) is 42.3 Å². The van der Waals surface area contributed by atoms with Crippen molar-refractivity contribution in [1.29, 1.82) is 0 Å². The number of nitrogens with zero attached hydrogens (tertiary/aromatic N) is 3. The molecule has 1 heterocycles. The molecule has 0 N–H and O–H groups in total. The summed E-state index contributed by atoms with van der Waals surface area (Å²) in [5.74, 6) is 0.837. The number of hydrogen-bond acceptors (Lipinski definition) is 5. The molecule has 0 saturated carbocycles. The van der Waals surface area contributed by atoms with Crippen molar-refractivity contribution in [3.05, 3.63) is 70.0 Å². The Bertz CT molecular complexity index is 813. The molecule has 2 aromatic carbocycles. The molecule has 0 radical (unpaired) electrons. The predicted octanol–water partition coefficient (Wildman–Crippen LogP) is 4.36. The number of benzene rings is 2. The standard InChI is InChI=1S/C17H14BrN3O2/c1-12-4-2-3-5-14(12)10-19-22-11-16-20-21-17(23-16)13-6-8-15(18)9-7-13/h2-10H,11H2,1H3/b19-10+. The zero-order valence-electron chi connectivity index (χ0n) is 12.4. The minimum atomic E-state index is 0.131. The lowest BCUT2D eigenvalue weighted by atomic mass is 10.1. The Kier molecular flexibility index (Phi) is 4.83. The Balaban J connectivity index is 1.59. The lowest BCUT2D eigenvalue weighted by Crippen LogP contribution is -1.90. The number of hydrogen-bond donors (Lipinski definition) is 0. The van der Waals surface area contributed by atoms with Crippen LogP contribution in [0.5, 0.6) is 0 Å². The molecular formula is C17H14BrN3O2. The molecule has 0 aliphatic heterocycles. The molecule has 0 saturated heterocycles. The second kappa shape index (κ2) is 7.19. The van der Waals surface area contributed by atoms with Crippen LogP contribution in [0, 0.1) is 6.92 Å². The van der Waals surface area contributed by atoms with Crippen LogP contribution in [0.1, 0.15) is 17.0 Å². The topological polar surface area (TPSA) is 60.5 Å². The third-order valence-corrected chi connectivity index (χ3v) is 3.73. The summed E-state index contributed by atoms with van der Waals surface area (Å²) < 4.78 is 6.54. The van der Waals surface area contributed by atoms with Gasteiger partial charge < -0.3 is 9.25 Å². The fourth-order valence-corrected chi connectivity index (χ4v) is 2.20. The number of aromatic nitrogens is 2. The highest BCUT2D eigenvalue weighted by molar-refractivity contribution is 9.10. The van der Waals surface area contributed by atoms with Gasteiger partial charge in [0.15, 0.2) is 6.61 Å². The molecule has 5 nitrogen and oxygen atoms in total. The van der Waals surface area contributed by atoms with Crippen molar-refractivity contribution >= 4 is 22.1 Å². The van der Waals surface area contributed by atoms with E-state index >= 15 is 0 Å². The molecule has 0 amide bonds. The molecule has 3 rings (SSSR count). The first kappa shape index (κ1) is 15.4. The Labute approximate surface area is 142 Å². The van der Waals surface area contributed by atoms with Crippen LogP contribution in [0.15, 0.2) is 62.6 Å². The molecule has 0 atom stereocenters. The maximum absolute atomic E-state index is 5.55. The molecule has 0 aliphatic carbocycles. The van der Waals surface area contributed by atoms with Crippen molar-refractivity contribution in [2.75, 3.05) is 0 Å². The van der Waals surface area contributed by atoms with Gasteiger partial charge in [0.2, 0.25) is 5.89 Å². The molecule has 1 aromatic heterocycles. The van der Waals surface area contributed by atoms with Crippen LogP contribution in [0.4, 0.5) is 0 Å². The third kappa shape index (κ3) is 4.04. The third-order valence-electron chi connectivity index (χ3n) is 3.20. The Morgan fingerprint density at radius 1 is 1.13 bits per heavy atom. The highest BCUT2D eigenvalue weighted by atomic mass is 79.9. The van der Waals surface area contributed by atoms with E-state index in [-0.39, 0.29) is 6.61 Å². The van der Waals surface area contributed by atoms with Gasteiger partial charge in [-0.25, -0.2) is 0 Å². The van der Waals surface area contributed by atoms with Gasteiger partial charge in [-0.3, -0.25) is 0 Å². The van der Waals surface area contributed by atoms with Gasteiger partial charge in [-0.1, -0.05) is 45.4 Å². The van der Waals surface area contributed by atoms with E-state index in [1.165, 1.54) is 0 Å². The number of rotatable bonds is 5. The van der Waals surface area contributed by atoms with E-state index in [0.29, 0.717) is 11.8 Å². The molecule has 0 fully saturated rings. The lowest BCUT2D eigenvalue weighted by molar-refractivity contribution is 0.112. The van der Waals surface area contributed by atoms with Crippen LogP contribution in [0.3, 0.4) is 0 Å². The Morgan fingerprint density at radius 3 is 2.70 bits per heavy atom. The van der Waals surface area contributed by atoms with Crippen molar-refractivity contribution in [1.82, 2.24) is 10.2 Å². The normalized spacial score (nSPS) is 11.0. The second-order valence-electron chi connectivity index (χ2n) is 4.87. The van der Waals surface area contributed by atoms with E-state index in [9.17, 15) is 0 Å². The van der Waals surface area contributed by atoms with Gasteiger partial charge in [0.05, 0.1) is 6.21 Å². The lowest BCUT2D eigenvalue weighted by Gasteiger charge is -1.98. The summed E-state index contributed by atoms with van der Waals surface area (Å²) in [7, 11) is 0. The van der Waals surface area contributed by atoms with Gasteiger partial charge in [0.1, 0.15) is 0 Å². The number of halogens is 1. The van der Waals surface area contributed by atoms with E-state index in [2.05, 4.69) is 31.3 Å². The maximum Gasteiger partial charge on any atom is 0.257 e. The van der Waals surface area contributed by atoms with E-state index in [4.69, 9.17) is 9.25 Å². The minimum absolute atomic E-state index is 0.131. The molecule has 0 bridgehead atoms. The highest BCUT2D eigenvalue weighted by Gasteiger charge is 2.08. The summed E-state index contributed by atoms with van der Waals surface area (Å²) >= 11 is 3.39. The summed E-state index contributed by atoms with van der Waals surface area (Å²) in [5.41, 5.74) is 3.00. The number of aryl methyl sites for hydroxylation is 1. The van der Waals surface area contributed by atoms with Crippen LogP contribution < -0.4 is 0 Å². The molecule has 0 unspecified atom stereocenters. The second-order valence-corrected chi connectivity index (χ2v) is 5.79. The first-order valence-electron chi connectivity index (χ1n) is 7.01. The average Bonchev–Trinajstić information content (AvgIpc) is 3.03. The van der Waals surface area contributed by atoms with Crippen LogP contribution in [-0.2, 0) is 11.4 Å². The van der Waals surface area contributed by atoms with Crippen molar-refractivity contribution in [3.63, 3.8) is 0 Å². The van der Waals surface area contributed by atoms with Crippen LogP contribution >= 0.6 is 15.9 Å². The van der Waals surface area contributed by atoms with Crippen molar-refractivity contribution in [3.8, 4) is 11.5 Å². The molecule has 116 valence electrons. The SMILES string of the molecule is Cc1ccccc1/C=N/OCc1nnc(-c2ccc(Br)cc2)o1. The van der Waals surface area contributed by atoms with Gasteiger partial charge in [-0.2, -0.15) is 0 Å². The van der Waals surface area contributed by atoms with Crippen LogP contribution in [-0.4, -0.2) is 16.4 Å². The first-order valence-corrected chi connectivity index (χ1v) is 7.81. The highest BCUT2D eigenvalue weighted by Crippen LogP contribution is 2.20. The molecular weight excluding hydrogens is 358 g/mol. The van der Waals surface area contributed by atoms with Gasteiger partial charge in [0, 0.05) is 10.0 Å². The average molecular weight is 372 g/mol. The summed E-state index contributed by atoms with van der Waals surface area (Å²) in [6.45, 7) is 2.15. The summed E-state index contributed by atoms with van der Waals surface area (Å²) in [4.78, 5) is 5.21. The van der Waals surface area contributed by atoms with Crippen molar-refractivity contribution in [2.24, 2.45) is 5.16 Å². The predicted molar refractivity (Wildman–Crippen MR) is 91.0 cm³/mol. The zero-order valence-corrected chi connectivity index (χ0v) is 14.0. The molecule has 0 aliphatic rings.